The second-order valence-corrected chi connectivity index (χ2v) is 4.32. The predicted molar refractivity (Wildman–Crippen MR) is 73.2 cm³/mol. The van der Waals surface area contributed by atoms with Crippen molar-refractivity contribution >= 4 is 5.95 Å². The number of rotatable bonds is 3. The Morgan fingerprint density at radius 3 is 2.65 bits per heavy atom. The second kappa shape index (κ2) is 5.08. The molecule has 0 saturated carbocycles. The van der Waals surface area contributed by atoms with Crippen LogP contribution in [0.5, 0.6) is 0 Å². The van der Waals surface area contributed by atoms with Gasteiger partial charge in [-0.1, -0.05) is 12.1 Å². The minimum Gasteiger partial charge on any atom is -0.366 e. The van der Waals surface area contributed by atoms with Gasteiger partial charge in [0, 0.05) is 18.0 Å². The van der Waals surface area contributed by atoms with E-state index in [0.717, 1.165) is 11.1 Å². The lowest BCUT2D eigenvalue weighted by Gasteiger charge is -2.05. The summed E-state index contributed by atoms with van der Waals surface area (Å²) in [4.78, 5) is 8.27. The molecule has 0 radical (unpaired) electrons. The third kappa shape index (κ3) is 2.49. The zero-order valence-electron chi connectivity index (χ0n) is 10.6. The lowest BCUT2D eigenvalue weighted by molar-refractivity contribution is 0.625. The highest BCUT2D eigenvalue weighted by molar-refractivity contribution is 5.55. The Kier molecular flexibility index (Phi) is 3.12. The Hall–Kier alpha value is -2.76. The highest BCUT2D eigenvalue weighted by Crippen LogP contribution is 2.18. The van der Waals surface area contributed by atoms with E-state index in [0.29, 0.717) is 12.4 Å². The predicted octanol–water partition coefficient (Wildman–Crippen LogP) is 2.11. The normalized spacial score (nSPS) is 10.7. The summed E-state index contributed by atoms with van der Waals surface area (Å²) in [5.41, 5.74) is 7.42. The number of anilines is 1. The van der Waals surface area contributed by atoms with E-state index >= 15 is 0 Å². The number of aromatic nitrogens is 4. The molecule has 2 N–H and O–H groups in total. The van der Waals surface area contributed by atoms with Crippen molar-refractivity contribution in [3.63, 3.8) is 0 Å². The van der Waals surface area contributed by atoms with Crippen LogP contribution in [0.15, 0.2) is 48.8 Å². The molecule has 0 unspecified atom stereocenters. The van der Waals surface area contributed by atoms with E-state index < -0.39 is 0 Å². The molecule has 0 aliphatic heterocycles. The van der Waals surface area contributed by atoms with Gasteiger partial charge in [0.05, 0.1) is 6.54 Å². The van der Waals surface area contributed by atoms with Crippen LogP contribution >= 0.6 is 0 Å². The minimum absolute atomic E-state index is 0.200. The molecular weight excluding hydrogens is 257 g/mol. The van der Waals surface area contributed by atoms with E-state index in [-0.39, 0.29) is 11.8 Å². The van der Waals surface area contributed by atoms with Crippen molar-refractivity contribution in [1.29, 1.82) is 0 Å². The van der Waals surface area contributed by atoms with Gasteiger partial charge in [-0.15, -0.1) is 5.10 Å². The summed E-state index contributed by atoms with van der Waals surface area (Å²) in [6.07, 6.45) is 3.39. The van der Waals surface area contributed by atoms with Crippen molar-refractivity contribution in [3.05, 3.63) is 60.2 Å². The van der Waals surface area contributed by atoms with Crippen LogP contribution < -0.4 is 5.73 Å². The first kappa shape index (κ1) is 12.3. The van der Waals surface area contributed by atoms with Crippen molar-refractivity contribution in [2.75, 3.05) is 5.73 Å². The van der Waals surface area contributed by atoms with Gasteiger partial charge >= 0.3 is 0 Å². The summed E-state index contributed by atoms with van der Waals surface area (Å²) >= 11 is 0. The van der Waals surface area contributed by atoms with E-state index in [4.69, 9.17) is 5.73 Å². The van der Waals surface area contributed by atoms with Crippen LogP contribution in [0.4, 0.5) is 10.3 Å². The number of nitrogens with zero attached hydrogens (tertiary/aromatic N) is 4. The zero-order valence-corrected chi connectivity index (χ0v) is 10.6. The van der Waals surface area contributed by atoms with Gasteiger partial charge in [0.15, 0.2) is 5.82 Å². The van der Waals surface area contributed by atoms with Crippen LogP contribution in [0.2, 0.25) is 0 Å². The molecule has 0 bridgehead atoms. The van der Waals surface area contributed by atoms with Crippen LogP contribution in [0, 0.1) is 5.82 Å². The first-order valence-electron chi connectivity index (χ1n) is 6.07. The molecule has 0 saturated heterocycles. The van der Waals surface area contributed by atoms with Crippen LogP contribution in [0.3, 0.4) is 0 Å². The standard InChI is InChI=1S/C14H12FN5/c15-12-5-3-10(4-6-12)9-20-13(18-14(16)19-20)11-2-1-7-17-8-11/h1-8H,9H2,(H2,16,19). The topological polar surface area (TPSA) is 69.6 Å². The highest BCUT2D eigenvalue weighted by Gasteiger charge is 2.10. The van der Waals surface area contributed by atoms with Gasteiger partial charge < -0.3 is 5.73 Å². The molecular formula is C14H12FN5. The van der Waals surface area contributed by atoms with Gasteiger partial charge in [-0.25, -0.2) is 9.07 Å². The molecule has 3 rings (SSSR count). The highest BCUT2D eigenvalue weighted by atomic mass is 19.1. The molecule has 0 amide bonds. The molecule has 20 heavy (non-hydrogen) atoms. The number of halogens is 1. The van der Waals surface area contributed by atoms with Crippen LogP contribution in [-0.2, 0) is 6.54 Å². The summed E-state index contributed by atoms with van der Waals surface area (Å²) in [7, 11) is 0. The first-order valence-corrected chi connectivity index (χ1v) is 6.07. The Balaban J connectivity index is 1.96. The Bertz CT molecular complexity index is 706. The SMILES string of the molecule is Nc1nc(-c2cccnc2)n(Cc2ccc(F)cc2)n1. The van der Waals surface area contributed by atoms with E-state index in [1.807, 2.05) is 12.1 Å². The molecule has 5 nitrogen and oxygen atoms in total. The van der Waals surface area contributed by atoms with E-state index in [2.05, 4.69) is 15.1 Å². The van der Waals surface area contributed by atoms with E-state index in [1.165, 1.54) is 12.1 Å². The van der Waals surface area contributed by atoms with Crippen molar-refractivity contribution < 1.29 is 4.39 Å². The number of hydrogen-bond donors (Lipinski definition) is 1. The van der Waals surface area contributed by atoms with Gasteiger partial charge in [0.25, 0.3) is 0 Å². The lowest BCUT2D eigenvalue weighted by Crippen LogP contribution is -2.04. The monoisotopic (exact) mass is 269 g/mol. The summed E-state index contributed by atoms with van der Waals surface area (Å²) in [6.45, 7) is 0.467. The molecule has 0 aliphatic carbocycles. The molecule has 3 aromatic rings. The molecule has 0 atom stereocenters. The largest absolute Gasteiger partial charge is 0.366 e. The van der Waals surface area contributed by atoms with Crippen molar-refractivity contribution in [2.24, 2.45) is 0 Å². The number of nitrogen functional groups attached to an aromatic ring is 1. The molecule has 0 aliphatic rings. The quantitative estimate of drug-likeness (QED) is 0.790. The van der Waals surface area contributed by atoms with Gasteiger partial charge in [0.2, 0.25) is 5.95 Å². The second-order valence-electron chi connectivity index (χ2n) is 4.32. The average molecular weight is 269 g/mol. The molecule has 1 aromatic carbocycles. The van der Waals surface area contributed by atoms with Crippen LogP contribution in [-0.4, -0.2) is 19.7 Å². The molecule has 2 aromatic heterocycles. The number of benzene rings is 1. The third-order valence-electron chi connectivity index (χ3n) is 2.85. The van der Waals surface area contributed by atoms with E-state index in [9.17, 15) is 4.39 Å². The van der Waals surface area contributed by atoms with Gasteiger partial charge in [-0.2, -0.15) is 4.98 Å². The van der Waals surface area contributed by atoms with Gasteiger partial charge in [-0.05, 0) is 29.8 Å². The molecule has 2 heterocycles. The first-order chi connectivity index (χ1) is 9.72. The zero-order chi connectivity index (χ0) is 13.9. The summed E-state index contributed by atoms with van der Waals surface area (Å²) < 4.78 is 14.6. The molecule has 0 fully saturated rings. The summed E-state index contributed by atoms with van der Waals surface area (Å²) in [5, 5.41) is 4.17. The van der Waals surface area contributed by atoms with Crippen molar-refractivity contribution in [2.45, 2.75) is 6.54 Å². The minimum atomic E-state index is -0.265. The number of hydrogen-bond acceptors (Lipinski definition) is 4. The maximum absolute atomic E-state index is 12.9. The number of pyridine rings is 1. The molecule has 6 heteroatoms. The van der Waals surface area contributed by atoms with E-state index in [1.54, 1.807) is 29.2 Å². The fourth-order valence-electron chi connectivity index (χ4n) is 1.94. The van der Waals surface area contributed by atoms with Gasteiger partial charge in [0.1, 0.15) is 5.82 Å². The van der Waals surface area contributed by atoms with Crippen molar-refractivity contribution in [1.82, 2.24) is 19.7 Å². The summed E-state index contributed by atoms with van der Waals surface area (Å²) in [5.74, 6) is 0.574. The third-order valence-corrected chi connectivity index (χ3v) is 2.85. The Morgan fingerprint density at radius 2 is 1.95 bits per heavy atom. The fraction of sp³-hybridized carbons (Fsp3) is 0.0714. The lowest BCUT2D eigenvalue weighted by atomic mass is 10.2. The fourth-order valence-corrected chi connectivity index (χ4v) is 1.94. The maximum Gasteiger partial charge on any atom is 0.240 e. The van der Waals surface area contributed by atoms with Crippen LogP contribution in [0.1, 0.15) is 5.56 Å². The maximum atomic E-state index is 12.9. The molecule has 0 spiro atoms. The smallest absolute Gasteiger partial charge is 0.240 e. The average Bonchev–Trinajstić information content (AvgIpc) is 2.83. The van der Waals surface area contributed by atoms with Crippen LogP contribution in [0.25, 0.3) is 11.4 Å². The van der Waals surface area contributed by atoms with Gasteiger partial charge in [-0.3, -0.25) is 4.98 Å². The van der Waals surface area contributed by atoms with Crippen molar-refractivity contribution in [3.8, 4) is 11.4 Å². The number of nitrogens with two attached hydrogens (primary N) is 1. The molecule has 100 valence electrons. The summed E-state index contributed by atoms with van der Waals surface area (Å²) in [6, 6.07) is 9.96. The Morgan fingerprint density at radius 1 is 1.15 bits per heavy atom. The Labute approximate surface area is 114 Å².